The van der Waals surface area contributed by atoms with Crippen LogP contribution in [0.25, 0.3) is 0 Å². The molecular weight excluding hydrogens is 945 g/mol. The Morgan fingerprint density at radius 3 is 0.944 bits per heavy atom. The molecule has 14 atom stereocenters. The summed E-state index contributed by atoms with van der Waals surface area (Å²) in [5, 5.41) is 0. The van der Waals surface area contributed by atoms with Crippen LogP contribution in [0.1, 0.15) is 66.5 Å². The Morgan fingerprint density at radius 2 is 0.634 bits per heavy atom. The predicted octanol–water partition coefficient (Wildman–Crippen LogP) is 2.12. The molecule has 0 aromatic heterocycles. The van der Waals surface area contributed by atoms with Crippen LogP contribution in [0.3, 0.4) is 0 Å². The van der Waals surface area contributed by atoms with Crippen LogP contribution in [-0.4, -0.2) is 160 Å². The molecule has 2 aromatic rings. The summed E-state index contributed by atoms with van der Waals surface area (Å²) in [5.41, 5.74) is 1.54. The maximum atomic E-state index is 12.6. The molecule has 3 heterocycles. The van der Waals surface area contributed by atoms with Crippen molar-refractivity contribution in [2.75, 3.05) is 26.4 Å². The molecule has 0 amide bonds. The number of carbonyl (C=O) groups is 8. The molecule has 5 rings (SSSR count). The second-order valence-corrected chi connectivity index (χ2v) is 16.5. The van der Waals surface area contributed by atoms with Crippen molar-refractivity contribution in [3.05, 3.63) is 71.8 Å². The molecule has 0 bridgehead atoms. The number of hydrogen-bond donors (Lipinski definition) is 0. The van der Waals surface area contributed by atoms with E-state index >= 15 is 0 Å². The molecule has 23 heteroatoms. The van der Waals surface area contributed by atoms with Crippen molar-refractivity contribution in [3.63, 3.8) is 0 Å². The highest BCUT2D eigenvalue weighted by Gasteiger charge is 2.56. The first kappa shape index (κ1) is 55.8. The minimum atomic E-state index is -1.59. The Bertz CT molecular complexity index is 1970. The zero-order chi connectivity index (χ0) is 51.8. The van der Waals surface area contributed by atoms with Crippen molar-refractivity contribution in [2.24, 2.45) is 0 Å². The molecule has 71 heavy (non-hydrogen) atoms. The lowest BCUT2D eigenvalue weighted by Gasteiger charge is -2.44. The Kier molecular flexibility index (Phi) is 21.2. The summed E-state index contributed by atoms with van der Waals surface area (Å²) in [6.45, 7) is 7.03. The molecule has 0 radical (unpaired) electrons. The highest BCUT2D eigenvalue weighted by Crippen LogP contribution is 2.35. The summed E-state index contributed by atoms with van der Waals surface area (Å²) in [6, 6.07) is 18.3. The summed E-state index contributed by atoms with van der Waals surface area (Å²) in [4.78, 5) is 98.8. The van der Waals surface area contributed by atoms with E-state index in [1.54, 1.807) is 0 Å². The van der Waals surface area contributed by atoms with Crippen molar-refractivity contribution in [3.8, 4) is 0 Å². The molecule has 0 N–H and O–H groups in total. The van der Waals surface area contributed by atoms with E-state index in [1.807, 2.05) is 60.7 Å². The molecule has 0 spiro atoms. The predicted molar refractivity (Wildman–Crippen MR) is 235 cm³/mol. The summed E-state index contributed by atoms with van der Waals surface area (Å²) in [6.07, 6.45) is -19.1. The van der Waals surface area contributed by atoms with E-state index in [0.29, 0.717) is 0 Å². The Morgan fingerprint density at radius 1 is 0.338 bits per heavy atom. The van der Waals surface area contributed by atoms with Crippen LogP contribution in [0.5, 0.6) is 0 Å². The first-order valence-corrected chi connectivity index (χ1v) is 22.6. The van der Waals surface area contributed by atoms with Crippen molar-refractivity contribution < 1.29 is 109 Å². The number of rotatable bonds is 22. The summed E-state index contributed by atoms with van der Waals surface area (Å²) in [7, 11) is 0. The van der Waals surface area contributed by atoms with Gasteiger partial charge in [-0.05, 0) is 11.1 Å². The normalized spacial score (nSPS) is 29.1. The number of hydrogen-bond acceptors (Lipinski definition) is 23. The van der Waals surface area contributed by atoms with Gasteiger partial charge in [0.05, 0.1) is 26.4 Å². The topological polar surface area (TPSA) is 275 Å². The standard InChI is InChI=1S/C48H60O23/c1-25(49)57-21-37-41(63-27(3)51)43(65-29(5)53)45(67-31(7)55)47(70-37)61-23-35-39(59-19-33-15-11-9-12-16-33)40(60-20-34-17-13-10-14-18-34)36(69-35)24-62-48-46(68-32(8)56)44(66-30(6)54)42(64-28(4)52)38(71-48)22-58-26(2)50/h9-18,35-48H,19-24H2,1-8H3/t35-,36-,37-,38-,39-,40-,41-,42-,43+,44+,45-,46-,47-,48-/m1/s1. The second-order valence-electron chi connectivity index (χ2n) is 16.5. The molecular formula is C48H60O23. The summed E-state index contributed by atoms with van der Waals surface area (Å²) in [5.74, 6) is -6.45. The Labute approximate surface area is 409 Å². The average Bonchev–Trinajstić information content (AvgIpc) is 3.63. The van der Waals surface area contributed by atoms with Crippen molar-refractivity contribution in [1.82, 2.24) is 0 Å². The lowest BCUT2D eigenvalue weighted by molar-refractivity contribution is -0.315. The highest BCUT2D eigenvalue weighted by atomic mass is 16.8. The lowest BCUT2D eigenvalue weighted by atomic mass is 9.98. The molecule has 3 aliphatic heterocycles. The minimum Gasteiger partial charge on any atom is -0.463 e. The van der Waals surface area contributed by atoms with E-state index in [0.717, 1.165) is 66.5 Å². The van der Waals surface area contributed by atoms with Crippen LogP contribution in [0.4, 0.5) is 0 Å². The number of esters is 8. The number of benzene rings is 2. The smallest absolute Gasteiger partial charge is 0.303 e. The molecule has 2 aromatic carbocycles. The third kappa shape index (κ3) is 17.0. The third-order valence-corrected chi connectivity index (χ3v) is 10.7. The zero-order valence-electron chi connectivity index (χ0n) is 40.5. The molecule has 0 aliphatic carbocycles. The third-order valence-electron chi connectivity index (χ3n) is 10.7. The van der Waals surface area contributed by atoms with Crippen LogP contribution >= 0.6 is 0 Å². The van der Waals surface area contributed by atoms with E-state index in [4.69, 9.17) is 71.1 Å². The van der Waals surface area contributed by atoms with Crippen molar-refractivity contribution >= 4 is 47.8 Å². The monoisotopic (exact) mass is 1000 g/mol. The fourth-order valence-electron chi connectivity index (χ4n) is 8.03. The SMILES string of the molecule is CC(=O)OC[C@H]1O[C@@H](OC[C@H]2O[C@H](CO[C@@H]3O[C@H](COC(C)=O)[C@@H](OC(C)=O)[C@H](OC(C)=O)[C@H]3OC(C)=O)[C@@H](OCc3ccccc3)[C@@H]2OCc2ccccc2)[C@H](OC(C)=O)[C@@H](OC(C)=O)[C@@H]1OC(C)=O. The first-order chi connectivity index (χ1) is 33.8. The maximum Gasteiger partial charge on any atom is 0.303 e. The minimum absolute atomic E-state index is 0.0306. The van der Waals surface area contributed by atoms with Gasteiger partial charge in [-0.1, -0.05) is 60.7 Å². The van der Waals surface area contributed by atoms with Gasteiger partial charge in [0.15, 0.2) is 49.2 Å². The van der Waals surface area contributed by atoms with Crippen LogP contribution in [0.2, 0.25) is 0 Å². The molecule has 3 fully saturated rings. The van der Waals surface area contributed by atoms with Gasteiger partial charge in [0.1, 0.15) is 49.8 Å². The zero-order valence-corrected chi connectivity index (χ0v) is 40.5. The first-order valence-electron chi connectivity index (χ1n) is 22.6. The van der Waals surface area contributed by atoms with Crippen LogP contribution in [0.15, 0.2) is 60.7 Å². The van der Waals surface area contributed by atoms with Crippen LogP contribution in [0, 0.1) is 0 Å². The quantitative estimate of drug-likeness (QED) is 0.121. The van der Waals surface area contributed by atoms with Crippen LogP contribution in [-0.2, 0) is 123 Å². The van der Waals surface area contributed by atoms with Gasteiger partial charge in [0.25, 0.3) is 0 Å². The fourth-order valence-corrected chi connectivity index (χ4v) is 8.03. The molecule has 23 nitrogen and oxygen atoms in total. The van der Waals surface area contributed by atoms with E-state index in [1.165, 1.54) is 0 Å². The average molecular weight is 1000 g/mol. The van der Waals surface area contributed by atoms with E-state index in [-0.39, 0.29) is 13.2 Å². The van der Waals surface area contributed by atoms with Gasteiger partial charge in [-0.3, -0.25) is 38.4 Å². The fraction of sp³-hybridized carbons (Fsp3) is 0.583. The summed E-state index contributed by atoms with van der Waals surface area (Å²) >= 11 is 0. The number of carbonyl (C=O) groups excluding carboxylic acids is 8. The van der Waals surface area contributed by atoms with Crippen molar-refractivity contribution in [1.29, 1.82) is 0 Å². The molecule has 3 saturated heterocycles. The molecule has 390 valence electrons. The summed E-state index contributed by atoms with van der Waals surface area (Å²) < 4.78 is 88.7. The van der Waals surface area contributed by atoms with E-state index in [2.05, 4.69) is 0 Å². The van der Waals surface area contributed by atoms with Gasteiger partial charge < -0.3 is 71.1 Å². The van der Waals surface area contributed by atoms with Gasteiger partial charge in [0, 0.05) is 55.4 Å². The largest absolute Gasteiger partial charge is 0.463 e. The van der Waals surface area contributed by atoms with Crippen LogP contribution < -0.4 is 0 Å². The maximum absolute atomic E-state index is 12.6. The van der Waals surface area contributed by atoms with Gasteiger partial charge in [-0.25, -0.2) is 0 Å². The van der Waals surface area contributed by atoms with Crippen molar-refractivity contribution in [2.45, 2.75) is 154 Å². The Balaban J connectivity index is 1.52. The van der Waals surface area contributed by atoms with E-state index in [9.17, 15) is 38.4 Å². The van der Waals surface area contributed by atoms with Gasteiger partial charge >= 0.3 is 47.8 Å². The highest BCUT2D eigenvalue weighted by molar-refractivity contribution is 5.70. The second kappa shape index (κ2) is 26.9. The van der Waals surface area contributed by atoms with Gasteiger partial charge in [0.2, 0.25) is 0 Å². The van der Waals surface area contributed by atoms with E-state index < -0.39 is 160 Å². The molecule has 0 unspecified atom stereocenters. The van der Waals surface area contributed by atoms with Gasteiger partial charge in [-0.2, -0.15) is 0 Å². The van der Waals surface area contributed by atoms with Gasteiger partial charge in [-0.15, -0.1) is 0 Å². The Hall–Kier alpha value is -6.08. The number of ether oxygens (including phenoxy) is 15. The lowest BCUT2D eigenvalue weighted by Crippen LogP contribution is -2.63. The molecule has 0 saturated carbocycles. The molecule has 3 aliphatic rings.